The quantitative estimate of drug-likeness (QED) is 0.662. The van der Waals surface area contributed by atoms with Gasteiger partial charge in [-0.3, -0.25) is 0 Å². The van der Waals surface area contributed by atoms with Gasteiger partial charge in [0.25, 0.3) is 0 Å². The second-order valence-corrected chi connectivity index (χ2v) is 5.94. The minimum absolute atomic E-state index is 0.275. The molecule has 0 amide bonds. The van der Waals surface area contributed by atoms with Gasteiger partial charge in [0.1, 0.15) is 5.75 Å². The monoisotopic (exact) mass is 291 g/mol. The zero-order valence-electron chi connectivity index (χ0n) is 13.4. The number of benzene rings is 1. The number of hydrogen-bond acceptors (Lipinski definition) is 3. The summed E-state index contributed by atoms with van der Waals surface area (Å²) < 4.78 is 11.1. The van der Waals surface area contributed by atoms with Gasteiger partial charge in [0, 0.05) is 6.61 Å². The van der Waals surface area contributed by atoms with Crippen LogP contribution in [0, 0.1) is 5.92 Å². The van der Waals surface area contributed by atoms with E-state index in [2.05, 4.69) is 24.4 Å². The molecule has 21 heavy (non-hydrogen) atoms. The van der Waals surface area contributed by atoms with E-state index >= 15 is 0 Å². The van der Waals surface area contributed by atoms with Crippen molar-refractivity contribution in [1.82, 2.24) is 5.32 Å². The molecule has 0 bridgehead atoms. The van der Waals surface area contributed by atoms with Crippen LogP contribution in [0.3, 0.4) is 0 Å². The van der Waals surface area contributed by atoms with Crippen molar-refractivity contribution in [3.63, 3.8) is 0 Å². The van der Waals surface area contributed by atoms with E-state index in [1.165, 1.54) is 31.2 Å². The fourth-order valence-electron chi connectivity index (χ4n) is 2.66. The molecule has 0 saturated heterocycles. The summed E-state index contributed by atoms with van der Waals surface area (Å²) in [6, 6.07) is 8.56. The van der Waals surface area contributed by atoms with E-state index in [0.717, 1.165) is 37.8 Å². The third-order valence-electron chi connectivity index (χ3n) is 4.34. The SMILES string of the molecule is CCCNC(COCCC1CCC1)c1ccc(OC)cc1. The Labute approximate surface area is 129 Å². The van der Waals surface area contributed by atoms with E-state index in [9.17, 15) is 0 Å². The van der Waals surface area contributed by atoms with Gasteiger partial charge >= 0.3 is 0 Å². The first-order chi connectivity index (χ1) is 10.3. The van der Waals surface area contributed by atoms with Gasteiger partial charge in [0.15, 0.2) is 0 Å². The summed E-state index contributed by atoms with van der Waals surface area (Å²) in [4.78, 5) is 0. The van der Waals surface area contributed by atoms with Crippen molar-refractivity contribution in [2.75, 3.05) is 26.9 Å². The highest BCUT2D eigenvalue weighted by Crippen LogP contribution is 2.29. The Bertz CT molecular complexity index is 387. The minimum atomic E-state index is 0.275. The van der Waals surface area contributed by atoms with Crippen LogP contribution in [-0.4, -0.2) is 26.9 Å². The molecule has 1 aromatic carbocycles. The Hall–Kier alpha value is -1.06. The van der Waals surface area contributed by atoms with Crippen molar-refractivity contribution in [3.8, 4) is 5.75 Å². The zero-order chi connectivity index (χ0) is 14.9. The number of nitrogens with one attached hydrogen (secondary N) is 1. The van der Waals surface area contributed by atoms with Crippen LogP contribution < -0.4 is 10.1 Å². The fourth-order valence-corrected chi connectivity index (χ4v) is 2.66. The van der Waals surface area contributed by atoms with E-state index in [4.69, 9.17) is 9.47 Å². The van der Waals surface area contributed by atoms with Crippen LogP contribution in [0.2, 0.25) is 0 Å². The molecule has 3 nitrogen and oxygen atoms in total. The summed E-state index contributed by atoms with van der Waals surface area (Å²) in [6.07, 6.45) is 6.58. The minimum Gasteiger partial charge on any atom is -0.497 e. The second-order valence-electron chi connectivity index (χ2n) is 5.94. The Kier molecular flexibility index (Phi) is 7.04. The van der Waals surface area contributed by atoms with Gasteiger partial charge in [-0.2, -0.15) is 0 Å². The molecule has 0 spiro atoms. The lowest BCUT2D eigenvalue weighted by molar-refractivity contribution is 0.0888. The van der Waals surface area contributed by atoms with Crippen molar-refractivity contribution in [3.05, 3.63) is 29.8 Å². The van der Waals surface area contributed by atoms with Crippen molar-refractivity contribution < 1.29 is 9.47 Å². The molecule has 1 saturated carbocycles. The molecule has 0 aromatic heterocycles. The number of ether oxygens (including phenoxy) is 2. The van der Waals surface area contributed by atoms with Crippen LogP contribution in [0.15, 0.2) is 24.3 Å². The maximum Gasteiger partial charge on any atom is 0.118 e. The maximum atomic E-state index is 5.92. The van der Waals surface area contributed by atoms with E-state index < -0.39 is 0 Å². The van der Waals surface area contributed by atoms with Crippen LogP contribution in [0.25, 0.3) is 0 Å². The third-order valence-corrected chi connectivity index (χ3v) is 4.34. The molecule has 0 aliphatic heterocycles. The molecule has 1 aliphatic carbocycles. The van der Waals surface area contributed by atoms with Crippen LogP contribution >= 0.6 is 0 Å². The van der Waals surface area contributed by atoms with Crippen molar-refractivity contribution in [1.29, 1.82) is 0 Å². The predicted molar refractivity (Wildman–Crippen MR) is 86.8 cm³/mol. The molecule has 1 aliphatic rings. The van der Waals surface area contributed by atoms with Crippen molar-refractivity contribution in [2.24, 2.45) is 5.92 Å². The van der Waals surface area contributed by atoms with Gasteiger partial charge in [0.05, 0.1) is 19.8 Å². The summed E-state index contributed by atoms with van der Waals surface area (Å²) in [5, 5.41) is 3.57. The molecular formula is C18H29NO2. The summed E-state index contributed by atoms with van der Waals surface area (Å²) in [6.45, 7) is 4.85. The van der Waals surface area contributed by atoms with Crippen LogP contribution in [-0.2, 0) is 4.74 Å². The van der Waals surface area contributed by atoms with Crippen molar-refractivity contribution in [2.45, 2.75) is 45.1 Å². The molecule has 1 fully saturated rings. The van der Waals surface area contributed by atoms with Gasteiger partial charge < -0.3 is 14.8 Å². The smallest absolute Gasteiger partial charge is 0.118 e. The first-order valence-electron chi connectivity index (χ1n) is 8.28. The lowest BCUT2D eigenvalue weighted by atomic mass is 9.83. The molecule has 1 aromatic rings. The van der Waals surface area contributed by atoms with Gasteiger partial charge in [0.2, 0.25) is 0 Å². The van der Waals surface area contributed by atoms with Gasteiger partial charge in [-0.05, 0) is 43.0 Å². The van der Waals surface area contributed by atoms with Gasteiger partial charge in [-0.25, -0.2) is 0 Å². The maximum absolute atomic E-state index is 5.92. The predicted octanol–water partition coefficient (Wildman–Crippen LogP) is 3.94. The lowest BCUT2D eigenvalue weighted by Crippen LogP contribution is -2.27. The standard InChI is InChI=1S/C18H29NO2/c1-3-12-19-18(14-21-13-11-15-5-4-6-15)16-7-9-17(20-2)10-8-16/h7-10,15,18-19H,3-6,11-14H2,1-2H3. The normalized spacial score (nSPS) is 16.5. The highest BCUT2D eigenvalue weighted by Gasteiger charge is 2.17. The van der Waals surface area contributed by atoms with E-state index in [-0.39, 0.29) is 6.04 Å². The molecule has 1 N–H and O–H groups in total. The molecule has 2 rings (SSSR count). The molecule has 3 heteroatoms. The molecule has 1 atom stereocenters. The van der Waals surface area contributed by atoms with Crippen LogP contribution in [0.5, 0.6) is 5.75 Å². The average molecular weight is 291 g/mol. The highest BCUT2D eigenvalue weighted by molar-refractivity contribution is 5.29. The van der Waals surface area contributed by atoms with Crippen LogP contribution in [0.4, 0.5) is 0 Å². The summed E-state index contributed by atoms with van der Waals surface area (Å²) in [5.41, 5.74) is 1.27. The largest absolute Gasteiger partial charge is 0.497 e. The summed E-state index contributed by atoms with van der Waals surface area (Å²) in [7, 11) is 1.70. The molecule has 0 heterocycles. The number of hydrogen-bond donors (Lipinski definition) is 1. The molecule has 1 unspecified atom stereocenters. The van der Waals surface area contributed by atoms with E-state index in [0.29, 0.717) is 0 Å². The van der Waals surface area contributed by atoms with E-state index in [1.807, 2.05) is 12.1 Å². The summed E-state index contributed by atoms with van der Waals surface area (Å²) >= 11 is 0. The Morgan fingerprint density at radius 1 is 1.24 bits per heavy atom. The lowest BCUT2D eigenvalue weighted by Gasteiger charge is -2.25. The van der Waals surface area contributed by atoms with Gasteiger partial charge in [-0.1, -0.05) is 38.3 Å². The molecule has 0 radical (unpaired) electrons. The highest BCUT2D eigenvalue weighted by atomic mass is 16.5. The average Bonchev–Trinajstić information content (AvgIpc) is 2.48. The Morgan fingerprint density at radius 2 is 2.00 bits per heavy atom. The first kappa shape index (κ1) is 16.3. The van der Waals surface area contributed by atoms with Crippen LogP contribution in [0.1, 0.15) is 50.6 Å². The fraction of sp³-hybridized carbons (Fsp3) is 0.667. The summed E-state index contributed by atoms with van der Waals surface area (Å²) in [5.74, 6) is 1.83. The Balaban J connectivity index is 1.80. The topological polar surface area (TPSA) is 30.5 Å². The number of methoxy groups -OCH3 is 1. The second kappa shape index (κ2) is 9.06. The van der Waals surface area contributed by atoms with Crippen molar-refractivity contribution >= 4 is 0 Å². The molecule has 118 valence electrons. The Morgan fingerprint density at radius 3 is 2.57 bits per heavy atom. The zero-order valence-corrected chi connectivity index (χ0v) is 13.4. The van der Waals surface area contributed by atoms with Gasteiger partial charge in [-0.15, -0.1) is 0 Å². The molecular weight excluding hydrogens is 262 g/mol. The first-order valence-corrected chi connectivity index (χ1v) is 8.28. The third kappa shape index (κ3) is 5.33. The number of rotatable bonds is 10. The van der Waals surface area contributed by atoms with E-state index in [1.54, 1.807) is 7.11 Å².